The lowest BCUT2D eigenvalue weighted by atomic mass is 9.93. The highest BCUT2D eigenvalue weighted by Gasteiger charge is 2.36. The quantitative estimate of drug-likeness (QED) is 0.917. The molecule has 2 unspecified atom stereocenters. The molecule has 1 fully saturated rings. The van der Waals surface area contributed by atoms with Crippen LogP contribution in [0.15, 0.2) is 36.4 Å². The van der Waals surface area contributed by atoms with Gasteiger partial charge in [-0.1, -0.05) is 18.6 Å². The summed E-state index contributed by atoms with van der Waals surface area (Å²) in [4.78, 5) is 18.0. The molecule has 2 aromatic rings. The Morgan fingerprint density at radius 2 is 2.08 bits per heavy atom. The van der Waals surface area contributed by atoms with Crippen molar-refractivity contribution >= 4 is 5.97 Å². The zero-order chi connectivity index (χ0) is 18.0. The molecule has 0 radical (unpaired) electrons. The number of aryl methyl sites for hydroxylation is 1. The first-order chi connectivity index (χ1) is 12.0. The van der Waals surface area contributed by atoms with Crippen LogP contribution in [0, 0.1) is 18.6 Å². The number of likely N-dealkylation sites (tertiary alicyclic amines) is 1. The van der Waals surface area contributed by atoms with Crippen molar-refractivity contribution in [3.8, 4) is 0 Å². The fourth-order valence-corrected chi connectivity index (χ4v) is 3.48. The molecular weight excluding hydrogens is 326 g/mol. The number of carboxylic acid groups (broad SMARTS) is 1. The Balaban J connectivity index is 2.12. The van der Waals surface area contributed by atoms with Gasteiger partial charge in [0.05, 0.1) is 11.7 Å². The van der Waals surface area contributed by atoms with Gasteiger partial charge < -0.3 is 5.11 Å². The van der Waals surface area contributed by atoms with Crippen molar-refractivity contribution in [2.75, 3.05) is 6.54 Å². The minimum absolute atomic E-state index is 0.243. The van der Waals surface area contributed by atoms with E-state index in [4.69, 9.17) is 0 Å². The van der Waals surface area contributed by atoms with E-state index in [2.05, 4.69) is 4.98 Å². The number of pyridine rings is 1. The van der Waals surface area contributed by atoms with E-state index in [0.29, 0.717) is 18.7 Å². The van der Waals surface area contributed by atoms with Gasteiger partial charge in [0.1, 0.15) is 17.7 Å². The van der Waals surface area contributed by atoms with E-state index in [1.165, 1.54) is 12.1 Å². The second-order valence-corrected chi connectivity index (χ2v) is 6.36. The highest BCUT2D eigenvalue weighted by atomic mass is 19.1. The Morgan fingerprint density at radius 1 is 1.28 bits per heavy atom. The predicted molar refractivity (Wildman–Crippen MR) is 89.2 cm³/mol. The maximum atomic E-state index is 14.5. The molecule has 0 saturated carbocycles. The number of hydrogen-bond donors (Lipinski definition) is 1. The second kappa shape index (κ2) is 7.27. The third-order valence-corrected chi connectivity index (χ3v) is 4.61. The minimum atomic E-state index is -0.931. The van der Waals surface area contributed by atoms with E-state index in [1.54, 1.807) is 11.0 Å². The summed E-state index contributed by atoms with van der Waals surface area (Å²) in [6.07, 6.45) is 2.14. The Bertz CT molecular complexity index is 782. The average molecular weight is 346 g/mol. The summed E-state index contributed by atoms with van der Waals surface area (Å²) in [6, 6.07) is 7.42. The molecule has 132 valence electrons. The van der Waals surface area contributed by atoms with E-state index >= 15 is 0 Å². The lowest BCUT2D eigenvalue weighted by molar-refractivity contribution is -0.145. The van der Waals surface area contributed by atoms with Gasteiger partial charge in [-0.05, 0) is 44.5 Å². The molecule has 0 amide bonds. The van der Waals surface area contributed by atoms with Crippen LogP contribution in [0.5, 0.6) is 0 Å². The van der Waals surface area contributed by atoms with Crippen LogP contribution < -0.4 is 0 Å². The molecule has 1 N–H and O–H groups in total. The number of rotatable bonds is 4. The normalized spacial score (nSPS) is 19.6. The summed E-state index contributed by atoms with van der Waals surface area (Å²) in [5.41, 5.74) is 1.57. The fraction of sp³-hybridized carbons (Fsp3) is 0.368. The molecule has 0 bridgehead atoms. The molecule has 2 atom stereocenters. The molecule has 0 spiro atoms. The molecule has 6 heteroatoms. The van der Waals surface area contributed by atoms with Crippen LogP contribution >= 0.6 is 0 Å². The van der Waals surface area contributed by atoms with Gasteiger partial charge in [-0.25, -0.2) is 8.78 Å². The van der Waals surface area contributed by atoms with Crippen molar-refractivity contribution < 1.29 is 18.7 Å². The number of hydrogen-bond acceptors (Lipinski definition) is 3. The van der Waals surface area contributed by atoms with Crippen molar-refractivity contribution in [2.45, 2.75) is 38.3 Å². The molecular formula is C19H20F2N2O2. The first-order valence-corrected chi connectivity index (χ1v) is 8.34. The van der Waals surface area contributed by atoms with Crippen LogP contribution in [0.3, 0.4) is 0 Å². The Morgan fingerprint density at radius 3 is 2.76 bits per heavy atom. The zero-order valence-electron chi connectivity index (χ0n) is 14.0. The van der Waals surface area contributed by atoms with Gasteiger partial charge in [0.2, 0.25) is 0 Å². The molecule has 1 aromatic carbocycles. The van der Waals surface area contributed by atoms with Crippen LogP contribution in [0.2, 0.25) is 0 Å². The smallest absolute Gasteiger partial charge is 0.320 e. The number of aliphatic carboxylic acids is 1. The standard InChI is InChI=1S/C19H20F2N2O2/c1-12-5-4-6-16(22-12)18(14-9-8-13(20)11-15(14)21)23-10-3-2-7-17(23)19(24)25/h4-6,8-9,11,17-18H,2-3,7,10H2,1H3,(H,24,25). The second-order valence-electron chi connectivity index (χ2n) is 6.36. The molecule has 1 aliphatic rings. The van der Waals surface area contributed by atoms with Crippen molar-refractivity contribution in [3.63, 3.8) is 0 Å². The number of halogens is 2. The van der Waals surface area contributed by atoms with E-state index in [9.17, 15) is 18.7 Å². The van der Waals surface area contributed by atoms with E-state index < -0.39 is 29.7 Å². The third-order valence-electron chi connectivity index (χ3n) is 4.61. The molecule has 0 aliphatic carbocycles. The third kappa shape index (κ3) is 3.69. The summed E-state index contributed by atoms with van der Waals surface area (Å²) in [5.74, 6) is -2.28. The molecule has 1 aromatic heterocycles. The van der Waals surface area contributed by atoms with E-state index in [0.717, 1.165) is 24.6 Å². The Hall–Kier alpha value is -2.34. The van der Waals surface area contributed by atoms with Gasteiger partial charge in [0, 0.05) is 17.3 Å². The summed E-state index contributed by atoms with van der Waals surface area (Å²) in [5, 5.41) is 9.60. The van der Waals surface area contributed by atoms with Crippen LogP contribution in [-0.2, 0) is 4.79 Å². The molecule has 1 aliphatic heterocycles. The lowest BCUT2D eigenvalue weighted by Gasteiger charge is -2.39. The fourth-order valence-electron chi connectivity index (χ4n) is 3.48. The minimum Gasteiger partial charge on any atom is -0.480 e. The zero-order valence-corrected chi connectivity index (χ0v) is 14.0. The van der Waals surface area contributed by atoms with E-state index in [1.807, 2.05) is 19.1 Å². The van der Waals surface area contributed by atoms with Gasteiger partial charge in [-0.2, -0.15) is 0 Å². The van der Waals surface area contributed by atoms with Crippen LogP contribution in [0.1, 0.15) is 42.3 Å². The summed E-state index contributed by atoms with van der Waals surface area (Å²) >= 11 is 0. The number of nitrogens with zero attached hydrogens (tertiary/aromatic N) is 2. The van der Waals surface area contributed by atoms with Crippen molar-refractivity contribution in [1.82, 2.24) is 9.88 Å². The molecule has 25 heavy (non-hydrogen) atoms. The molecule has 3 rings (SSSR count). The maximum Gasteiger partial charge on any atom is 0.320 e. The SMILES string of the molecule is Cc1cccc(C(c2ccc(F)cc2F)N2CCCCC2C(=O)O)n1. The van der Waals surface area contributed by atoms with Crippen LogP contribution in [0.25, 0.3) is 0 Å². The topological polar surface area (TPSA) is 53.4 Å². The van der Waals surface area contributed by atoms with Crippen molar-refractivity contribution in [1.29, 1.82) is 0 Å². The summed E-state index contributed by atoms with van der Waals surface area (Å²) in [7, 11) is 0. The number of carboxylic acids is 1. The Labute approximate surface area is 145 Å². The largest absolute Gasteiger partial charge is 0.480 e. The van der Waals surface area contributed by atoms with Crippen LogP contribution in [-0.4, -0.2) is 33.5 Å². The predicted octanol–water partition coefficient (Wildman–Crippen LogP) is 3.70. The van der Waals surface area contributed by atoms with Gasteiger partial charge >= 0.3 is 5.97 Å². The van der Waals surface area contributed by atoms with Crippen molar-refractivity contribution in [3.05, 3.63) is 65.0 Å². The van der Waals surface area contributed by atoms with Gasteiger partial charge in [-0.15, -0.1) is 0 Å². The number of aromatic nitrogens is 1. The molecule has 4 nitrogen and oxygen atoms in total. The number of benzene rings is 1. The van der Waals surface area contributed by atoms with Crippen LogP contribution in [0.4, 0.5) is 8.78 Å². The van der Waals surface area contributed by atoms with Gasteiger partial charge in [0.25, 0.3) is 0 Å². The first-order valence-electron chi connectivity index (χ1n) is 8.34. The Kier molecular flexibility index (Phi) is 5.08. The number of carbonyl (C=O) groups is 1. The highest BCUT2D eigenvalue weighted by molar-refractivity contribution is 5.73. The first kappa shape index (κ1) is 17.5. The summed E-state index contributed by atoms with van der Waals surface area (Å²) < 4.78 is 27.9. The monoisotopic (exact) mass is 346 g/mol. The average Bonchev–Trinajstić information content (AvgIpc) is 2.57. The van der Waals surface area contributed by atoms with Crippen molar-refractivity contribution in [2.24, 2.45) is 0 Å². The molecule has 1 saturated heterocycles. The van der Waals surface area contributed by atoms with Gasteiger partial charge in [-0.3, -0.25) is 14.7 Å². The highest BCUT2D eigenvalue weighted by Crippen LogP contribution is 2.34. The number of piperidine rings is 1. The van der Waals surface area contributed by atoms with Gasteiger partial charge in [0.15, 0.2) is 0 Å². The lowest BCUT2D eigenvalue weighted by Crippen LogP contribution is -2.47. The summed E-state index contributed by atoms with van der Waals surface area (Å²) in [6.45, 7) is 2.35. The maximum absolute atomic E-state index is 14.5. The van der Waals surface area contributed by atoms with E-state index in [-0.39, 0.29) is 5.56 Å². The molecule has 2 heterocycles.